The van der Waals surface area contributed by atoms with Crippen LogP contribution in [0.4, 0.5) is 10.1 Å². The van der Waals surface area contributed by atoms with Gasteiger partial charge in [-0.15, -0.1) is 0 Å². The van der Waals surface area contributed by atoms with Crippen LogP contribution in [0.2, 0.25) is 0 Å². The highest BCUT2D eigenvalue weighted by Gasteiger charge is 2.12. The third-order valence-electron chi connectivity index (χ3n) is 2.52. The minimum atomic E-state index is -0.303. The molecule has 0 unspecified atom stereocenters. The maximum Gasteiger partial charge on any atom is 0.133 e. The maximum absolute atomic E-state index is 13.7. The number of anilines is 1. The van der Waals surface area contributed by atoms with Gasteiger partial charge in [0.1, 0.15) is 5.82 Å². The van der Waals surface area contributed by atoms with E-state index < -0.39 is 0 Å². The molecule has 2 rings (SSSR count). The van der Waals surface area contributed by atoms with Crippen molar-refractivity contribution in [3.8, 4) is 11.1 Å². The molecule has 3 nitrogen and oxygen atoms in total. The number of aryl methyl sites for hydroxylation is 2. The van der Waals surface area contributed by atoms with Crippen LogP contribution < -0.4 is 5.73 Å². The summed E-state index contributed by atoms with van der Waals surface area (Å²) in [5.41, 5.74) is 8.24. The topological polar surface area (TPSA) is 43.8 Å². The van der Waals surface area contributed by atoms with Crippen molar-refractivity contribution in [2.75, 3.05) is 5.73 Å². The molecular formula is C12H14FN3. The Morgan fingerprint density at radius 1 is 1.38 bits per heavy atom. The predicted octanol–water partition coefficient (Wildman–Crippen LogP) is 2.37. The van der Waals surface area contributed by atoms with Gasteiger partial charge in [-0.25, -0.2) is 4.39 Å². The van der Waals surface area contributed by atoms with Crippen molar-refractivity contribution in [3.05, 3.63) is 35.9 Å². The molecular weight excluding hydrogens is 205 g/mol. The molecule has 0 spiro atoms. The van der Waals surface area contributed by atoms with E-state index in [2.05, 4.69) is 5.10 Å². The number of hydrogen-bond donors (Lipinski definition) is 1. The van der Waals surface area contributed by atoms with Crippen molar-refractivity contribution < 1.29 is 4.39 Å². The highest BCUT2D eigenvalue weighted by molar-refractivity contribution is 5.68. The molecule has 0 fully saturated rings. The molecule has 0 radical (unpaired) electrons. The van der Waals surface area contributed by atoms with E-state index >= 15 is 0 Å². The molecule has 2 aromatic rings. The van der Waals surface area contributed by atoms with Crippen molar-refractivity contribution in [2.24, 2.45) is 7.05 Å². The molecule has 0 saturated carbocycles. The van der Waals surface area contributed by atoms with Crippen LogP contribution in [-0.4, -0.2) is 9.78 Å². The first-order valence-corrected chi connectivity index (χ1v) is 5.19. The molecule has 0 aliphatic carbocycles. The SMILES string of the molecule is CCc1nn(C)cc1-c1ccc(N)cc1F. The Bertz CT molecular complexity index is 517. The number of hydrogen-bond acceptors (Lipinski definition) is 2. The van der Waals surface area contributed by atoms with Gasteiger partial charge in [0.25, 0.3) is 0 Å². The summed E-state index contributed by atoms with van der Waals surface area (Å²) in [7, 11) is 1.83. The first-order chi connectivity index (χ1) is 7.61. The van der Waals surface area contributed by atoms with Gasteiger partial charge in [-0.2, -0.15) is 5.10 Å². The van der Waals surface area contributed by atoms with Crippen molar-refractivity contribution in [1.82, 2.24) is 9.78 Å². The number of benzene rings is 1. The third-order valence-corrected chi connectivity index (χ3v) is 2.52. The van der Waals surface area contributed by atoms with Crippen LogP contribution in [0, 0.1) is 5.82 Å². The smallest absolute Gasteiger partial charge is 0.133 e. The van der Waals surface area contributed by atoms with Crippen molar-refractivity contribution >= 4 is 5.69 Å². The Labute approximate surface area is 93.7 Å². The zero-order valence-corrected chi connectivity index (χ0v) is 9.37. The normalized spacial score (nSPS) is 10.7. The van der Waals surface area contributed by atoms with E-state index in [0.29, 0.717) is 11.3 Å². The second-order valence-corrected chi connectivity index (χ2v) is 3.76. The number of rotatable bonds is 2. The molecule has 16 heavy (non-hydrogen) atoms. The molecule has 0 aliphatic heterocycles. The van der Waals surface area contributed by atoms with E-state index in [0.717, 1.165) is 17.7 Å². The van der Waals surface area contributed by atoms with E-state index in [9.17, 15) is 4.39 Å². The van der Waals surface area contributed by atoms with Gasteiger partial charge in [0, 0.05) is 30.1 Å². The van der Waals surface area contributed by atoms with E-state index in [1.807, 2.05) is 20.2 Å². The molecule has 1 aromatic heterocycles. The van der Waals surface area contributed by atoms with Crippen LogP contribution in [-0.2, 0) is 13.5 Å². The Kier molecular flexibility index (Phi) is 2.64. The minimum Gasteiger partial charge on any atom is -0.399 e. The molecule has 0 aliphatic rings. The van der Waals surface area contributed by atoms with Gasteiger partial charge in [0.15, 0.2) is 0 Å². The summed E-state index contributed by atoms with van der Waals surface area (Å²) in [6, 6.07) is 4.73. The molecule has 0 amide bonds. The summed E-state index contributed by atoms with van der Waals surface area (Å²) in [4.78, 5) is 0. The quantitative estimate of drug-likeness (QED) is 0.788. The third kappa shape index (κ3) is 1.78. The molecule has 4 heteroatoms. The maximum atomic E-state index is 13.7. The number of nitrogens with zero attached hydrogens (tertiary/aromatic N) is 2. The average Bonchev–Trinajstić information content (AvgIpc) is 2.59. The van der Waals surface area contributed by atoms with Crippen LogP contribution in [0.1, 0.15) is 12.6 Å². The van der Waals surface area contributed by atoms with Gasteiger partial charge in [-0.05, 0) is 24.6 Å². The largest absolute Gasteiger partial charge is 0.399 e. The van der Waals surface area contributed by atoms with Crippen LogP contribution in [0.15, 0.2) is 24.4 Å². The van der Waals surface area contributed by atoms with Crippen molar-refractivity contribution in [2.45, 2.75) is 13.3 Å². The lowest BCUT2D eigenvalue weighted by molar-refractivity contribution is 0.632. The summed E-state index contributed by atoms with van der Waals surface area (Å²) in [6.45, 7) is 2.00. The average molecular weight is 219 g/mol. The second kappa shape index (κ2) is 3.96. The van der Waals surface area contributed by atoms with Gasteiger partial charge in [0.2, 0.25) is 0 Å². The van der Waals surface area contributed by atoms with Gasteiger partial charge < -0.3 is 5.73 Å². The lowest BCUT2D eigenvalue weighted by atomic mass is 10.0. The zero-order chi connectivity index (χ0) is 11.7. The fourth-order valence-electron chi connectivity index (χ4n) is 1.77. The summed E-state index contributed by atoms with van der Waals surface area (Å²) in [6.07, 6.45) is 2.60. The van der Waals surface area contributed by atoms with E-state index in [4.69, 9.17) is 5.73 Å². The predicted molar refractivity (Wildman–Crippen MR) is 62.4 cm³/mol. The van der Waals surface area contributed by atoms with Crippen LogP contribution in [0.5, 0.6) is 0 Å². The molecule has 1 heterocycles. The summed E-state index contributed by atoms with van der Waals surface area (Å²) < 4.78 is 15.4. The Balaban J connectivity index is 2.57. The molecule has 0 atom stereocenters. The van der Waals surface area contributed by atoms with E-state index in [1.165, 1.54) is 6.07 Å². The molecule has 84 valence electrons. The van der Waals surface area contributed by atoms with Crippen LogP contribution >= 0.6 is 0 Å². The van der Waals surface area contributed by atoms with Crippen LogP contribution in [0.3, 0.4) is 0 Å². The lowest BCUT2D eigenvalue weighted by Crippen LogP contribution is -1.91. The Morgan fingerprint density at radius 2 is 2.12 bits per heavy atom. The van der Waals surface area contributed by atoms with E-state index in [-0.39, 0.29) is 5.82 Å². The summed E-state index contributed by atoms with van der Waals surface area (Å²) in [5.74, 6) is -0.303. The Morgan fingerprint density at radius 3 is 2.75 bits per heavy atom. The van der Waals surface area contributed by atoms with Crippen LogP contribution in [0.25, 0.3) is 11.1 Å². The van der Waals surface area contributed by atoms with Gasteiger partial charge in [-0.3, -0.25) is 4.68 Å². The van der Waals surface area contributed by atoms with Gasteiger partial charge in [0.05, 0.1) is 5.69 Å². The summed E-state index contributed by atoms with van der Waals surface area (Å²) in [5, 5.41) is 4.29. The number of aromatic nitrogens is 2. The van der Waals surface area contributed by atoms with E-state index in [1.54, 1.807) is 16.8 Å². The highest BCUT2D eigenvalue weighted by Crippen LogP contribution is 2.27. The fourth-order valence-corrected chi connectivity index (χ4v) is 1.77. The molecule has 0 bridgehead atoms. The molecule has 1 aromatic carbocycles. The fraction of sp³-hybridized carbons (Fsp3) is 0.250. The van der Waals surface area contributed by atoms with Crippen molar-refractivity contribution in [1.29, 1.82) is 0 Å². The lowest BCUT2D eigenvalue weighted by Gasteiger charge is -2.03. The van der Waals surface area contributed by atoms with Gasteiger partial charge in [-0.1, -0.05) is 6.92 Å². The van der Waals surface area contributed by atoms with Crippen molar-refractivity contribution in [3.63, 3.8) is 0 Å². The first-order valence-electron chi connectivity index (χ1n) is 5.19. The highest BCUT2D eigenvalue weighted by atomic mass is 19.1. The standard InChI is InChI=1S/C12H14FN3/c1-3-12-10(7-16(2)15-12)9-5-4-8(14)6-11(9)13/h4-7H,3,14H2,1-2H3. The number of nitrogens with two attached hydrogens (primary N) is 1. The zero-order valence-electron chi connectivity index (χ0n) is 9.37. The first kappa shape index (κ1) is 10.7. The monoisotopic (exact) mass is 219 g/mol. The van der Waals surface area contributed by atoms with Gasteiger partial charge >= 0.3 is 0 Å². The number of nitrogen functional groups attached to an aromatic ring is 1. The number of halogens is 1. The Hall–Kier alpha value is -1.84. The minimum absolute atomic E-state index is 0.303. The molecule has 0 saturated heterocycles. The second-order valence-electron chi connectivity index (χ2n) is 3.76. The summed E-state index contributed by atoms with van der Waals surface area (Å²) >= 11 is 0. The molecule has 2 N–H and O–H groups in total.